The summed E-state index contributed by atoms with van der Waals surface area (Å²) in [6.07, 6.45) is 0.880. The topological polar surface area (TPSA) is 145 Å². The van der Waals surface area contributed by atoms with Crippen LogP contribution in [0.1, 0.15) is 76.6 Å². The fraction of sp³-hybridized carbons (Fsp3) is 0.289. The van der Waals surface area contributed by atoms with Crippen LogP contribution in [0.25, 0.3) is 22.3 Å². The van der Waals surface area contributed by atoms with Crippen molar-refractivity contribution in [1.29, 1.82) is 0 Å². The Balaban J connectivity index is 1.53. The number of methoxy groups -OCH3 is 1. The van der Waals surface area contributed by atoms with E-state index >= 15 is 0 Å². The van der Waals surface area contributed by atoms with Crippen LogP contribution < -0.4 is 20.7 Å². The molecule has 0 fully saturated rings. The van der Waals surface area contributed by atoms with Gasteiger partial charge in [-0.15, -0.1) is 0 Å². The van der Waals surface area contributed by atoms with E-state index in [1.807, 2.05) is 31.2 Å². The van der Waals surface area contributed by atoms with Gasteiger partial charge in [-0.05, 0) is 80.3 Å². The van der Waals surface area contributed by atoms with Gasteiger partial charge in [-0.3, -0.25) is 9.59 Å². The van der Waals surface area contributed by atoms with Gasteiger partial charge in [-0.2, -0.15) is 0 Å². The third-order valence-corrected chi connectivity index (χ3v) is 7.68. The summed E-state index contributed by atoms with van der Waals surface area (Å²) in [6.45, 7) is 8.42. The summed E-state index contributed by atoms with van der Waals surface area (Å²) in [5.74, 6) is -1.09. The van der Waals surface area contributed by atoms with Crippen molar-refractivity contribution in [3.8, 4) is 28.0 Å². The number of alkyl carbamates (subject to hydrolysis) is 1. The summed E-state index contributed by atoms with van der Waals surface area (Å²) in [6, 6.07) is 21.6. The molecule has 1 aliphatic rings. The number of benzene rings is 3. The van der Waals surface area contributed by atoms with Gasteiger partial charge in [0.05, 0.1) is 13.7 Å². The number of fused-ring (bicyclic) bond motifs is 3. The first-order valence-electron chi connectivity index (χ1n) is 16.1. The molecule has 3 N–H and O–H groups in total. The Hall–Kier alpha value is -5.71. The predicted octanol–water partition coefficient (Wildman–Crippen LogP) is 6.55. The van der Waals surface area contributed by atoms with E-state index in [0.29, 0.717) is 42.1 Å². The summed E-state index contributed by atoms with van der Waals surface area (Å²) >= 11 is 0. The minimum Gasteiger partial charge on any atom is -0.493 e. The van der Waals surface area contributed by atoms with Gasteiger partial charge in [0.15, 0.2) is 5.69 Å². The first-order chi connectivity index (χ1) is 23.5. The highest BCUT2D eigenvalue weighted by molar-refractivity contribution is 6.11. The molecule has 0 atom stereocenters. The van der Waals surface area contributed by atoms with Crippen molar-refractivity contribution in [3.05, 3.63) is 101 Å². The van der Waals surface area contributed by atoms with Gasteiger partial charge >= 0.3 is 12.1 Å². The third-order valence-electron chi connectivity index (χ3n) is 7.68. The second-order valence-electron chi connectivity index (χ2n) is 12.5. The molecule has 1 aliphatic heterocycles. The van der Waals surface area contributed by atoms with Gasteiger partial charge in [-0.25, -0.2) is 14.6 Å². The van der Waals surface area contributed by atoms with Crippen LogP contribution in [-0.4, -0.2) is 54.7 Å². The maximum absolute atomic E-state index is 14.1. The molecular formula is C38H40N4O7. The quantitative estimate of drug-likeness (QED) is 0.171. The summed E-state index contributed by atoms with van der Waals surface area (Å²) in [5.41, 5.74) is 4.32. The molecule has 0 radical (unpaired) electrons. The van der Waals surface area contributed by atoms with Crippen LogP contribution in [0, 0.1) is 0 Å². The van der Waals surface area contributed by atoms with Crippen LogP contribution in [0.5, 0.6) is 5.75 Å². The third kappa shape index (κ3) is 8.42. The largest absolute Gasteiger partial charge is 0.493 e. The van der Waals surface area contributed by atoms with E-state index in [4.69, 9.17) is 14.2 Å². The molecule has 11 heteroatoms. The Bertz CT molecular complexity index is 1880. The molecule has 0 saturated carbocycles. The normalized spacial score (nSPS) is 11.9. The van der Waals surface area contributed by atoms with Crippen LogP contribution >= 0.6 is 0 Å². The first kappa shape index (κ1) is 34.6. The van der Waals surface area contributed by atoms with E-state index in [-0.39, 0.29) is 23.5 Å². The zero-order valence-electron chi connectivity index (χ0n) is 28.3. The second-order valence-corrected chi connectivity index (χ2v) is 12.5. The lowest BCUT2D eigenvalue weighted by Crippen LogP contribution is -2.32. The molecule has 0 aliphatic carbocycles. The Morgan fingerprint density at radius 1 is 0.857 bits per heavy atom. The van der Waals surface area contributed by atoms with Crippen molar-refractivity contribution < 1.29 is 33.4 Å². The average Bonchev–Trinajstić information content (AvgIpc) is 3.27. The number of hydrogen-bond acceptors (Lipinski definition) is 8. The van der Waals surface area contributed by atoms with Crippen molar-refractivity contribution in [2.75, 3.05) is 25.6 Å². The molecular weight excluding hydrogens is 624 g/mol. The number of hydrogen-bond donors (Lipinski definition) is 3. The van der Waals surface area contributed by atoms with E-state index < -0.39 is 29.5 Å². The molecule has 5 rings (SSSR count). The lowest BCUT2D eigenvalue weighted by atomic mass is 9.91. The SMILES string of the molecule is CCCNC(=O)c1ccc(-c2cc3c(cc2C(=O)Nc2ccc(CNC(=O)OC(C)(C)C)cc2)-c2ccccc2CCO3)c(C(=O)OC)n1. The number of ether oxygens (including phenoxy) is 3. The highest BCUT2D eigenvalue weighted by Crippen LogP contribution is 2.41. The Morgan fingerprint density at radius 3 is 2.33 bits per heavy atom. The molecule has 1 aromatic heterocycles. The van der Waals surface area contributed by atoms with Crippen molar-refractivity contribution in [2.45, 2.75) is 52.7 Å². The zero-order valence-corrected chi connectivity index (χ0v) is 28.3. The number of carbonyl (C=O) groups is 4. The molecule has 254 valence electrons. The number of nitrogens with zero attached hydrogens (tertiary/aromatic N) is 1. The summed E-state index contributed by atoms with van der Waals surface area (Å²) in [5, 5.41) is 8.45. The molecule has 2 heterocycles. The number of carbonyl (C=O) groups excluding carboxylic acids is 4. The summed E-state index contributed by atoms with van der Waals surface area (Å²) < 4.78 is 16.5. The lowest BCUT2D eigenvalue weighted by Gasteiger charge is -2.19. The van der Waals surface area contributed by atoms with Gasteiger partial charge in [0.1, 0.15) is 17.0 Å². The van der Waals surface area contributed by atoms with Crippen LogP contribution in [-0.2, 0) is 22.4 Å². The number of pyridine rings is 1. The molecule has 0 unspecified atom stereocenters. The van der Waals surface area contributed by atoms with E-state index in [0.717, 1.165) is 28.7 Å². The molecule has 4 aromatic rings. The fourth-order valence-electron chi connectivity index (χ4n) is 5.37. The number of esters is 1. The zero-order chi connectivity index (χ0) is 35.1. The highest BCUT2D eigenvalue weighted by atomic mass is 16.6. The number of aromatic nitrogens is 1. The maximum Gasteiger partial charge on any atom is 0.407 e. The molecule has 3 aromatic carbocycles. The minimum absolute atomic E-state index is 0.0461. The van der Waals surface area contributed by atoms with Crippen molar-refractivity contribution in [1.82, 2.24) is 15.6 Å². The van der Waals surface area contributed by atoms with E-state index in [2.05, 4.69) is 20.9 Å². The highest BCUT2D eigenvalue weighted by Gasteiger charge is 2.26. The second kappa shape index (κ2) is 15.0. The Morgan fingerprint density at radius 2 is 1.61 bits per heavy atom. The number of nitrogens with one attached hydrogen (secondary N) is 3. The van der Waals surface area contributed by atoms with Gasteiger partial charge in [-0.1, -0.05) is 43.3 Å². The average molecular weight is 665 g/mol. The molecule has 0 spiro atoms. The van der Waals surface area contributed by atoms with Gasteiger partial charge in [0.2, 0.25) is 0 Å². The number of rotatable bonds is 9. The minimum atomic E-state index is -0.761. The van der Waals surface area contributed by atoms with Crippen LogP contribution in [0.15, 0.2) is 72.8 Å². The van der Waals surface area contributed by atoms with E-state index in [9.17, 15) is 19.2 Å². The van der Waals surface area contributed by atoms with Gasteiger partial charge in [0, 0.05) is 47.5 Å². The van der Waals surface area contributed by atoms with Crippen molar-refractivity contribution in [2.24, 2.45) is 0 Å². The standard InChI is InChI=1S/C38H40N4O7/c1-6-18-39-35(44)31-16-15-27(33(42-31)36(45)47-5)28-21-32-29(26-10-8-7-9-24(26)17-19-48-32)20-30(28)34(43)41-25-13-11-23(12-14-25)22-40-37(46)49-38(2,3)4/h7-16,20-21H,6,17-19,22H2,1-5H3,(H,39,44)(H,40,46)(H,41,43). The monoisotopic (exact) mass is 664 g/mol. The van der Waals surface area contributed by atoms with Crippen LogP contribution in [0.3, 0.4) is 0 Å². The van der Waals surface area contributed by atoms with Crippen molar-refractivity contribution in [3.63, 3.8) is 0 Å². The Labute approximate surface area is 285 Å². The molecule has 3 amide bonds. The fourth-order valence-corrected chi connectivity index (χ4v) is 5.37. The van der Waals surface area contributed by atoms with Gasteiger partial charge < -0.3 is 30.2 Å². The summed E-state index contributed by atoms with van der Waals surface area (Å²) in [7, 11) is 1.23. The number of amides is 3. The molecule has 11 nitrogen and oxygen atoms in total. The van der Waals surface area contributed by atoms with Crippen molar-refractivity contribution >= 4 is 29.6 Å². The summed E-state index contributed by atoms with van der Waals surface area (Å²) in [4.78, 5) is 56.5. The molecule has 0 saturated heterocycles. The van der Waals surface area contributed by atoms with E-state index in [1.165, 1.54) is 13.2 Å². The predicted molar refractivity (Wildman–Crippen MR) is 186 cm³/mol. The van der Waals surface area contributed by atoms with Crippen LogP contribution in [0.4, 0.5) is 10.5 Å². The number of anilines is 1. The lowest BCUT2D eigenvalue weighted by molar-refractivity contribution is 0.0522. The molecule has 49 heavy (non-hydrogen) atoms. The Kier molecular flexibility index (Phi) is 10.6. The molecule has 0 bridgehead atoms. The maximum atomic E-state index is 14.1. The van der Waals surface area contributed by atoms with E-state index in [1.54, 1.807) is 63.2 Å². The first-order valence-corrected chi connectivity index (χ1v) is 16.1. The van der Waals surface area contributed by atoms with Crippen LogP contribution in [0.2, 0.25) is 0 Å². The smallest absolute Gasteiger partial charge is 0.407 e. The van der Waals surface area contributed by atoms with Gasteiger partial charge in [0.25, 0.3) is 11.8 Å².